The molecule has 0 aliphatic heterocycles. The minimum atomic E-state index is -2.14. The van der Waals surface area contributed by atoms with Crippen molar-refractivity contribution in [2.24, 2.45) is 0 Å². The zero-order chi connectivity index (χ0) is 19.9. The molecule has 0 amide bonds. The Kier molecular flexibility index (Phi) is 6.16. The van der Waals surface area contributed by atoms with Crippen molar-refractivity contribution in [3.63, 3.8) is 0 Å². The molecule has 140 valence electrons. The van der Waals surface area contributed by atoms with Gasteiger partial charge in [0.25, 0.3) is 0 Å². The lowest BCUT2D eigenvalue weighted by atomic mass is 10.2. The van der Waals surface area contributed by atoms with E-state index in [-0.39, 0.29) is 0 Å². The molecule has 0 nitrogen and oxygen atoms in total. The van der Waals surface area contributed by atoms with Crippen LogP contribution in [0.1, 0.15) is 5.56 Å². The van der Waals surface area contributed by atoms with Crippen LogP contribution in [0.4, 0.5) is 0 Å². The van der Waals surface area contributed by atoms with Crippen LogP contribution < -0.4 is 15.9 Å². The fourth-order valence-corrected chi connectivity index (χ4v) is 7.32. The zero-order valence-corrected chi connectivity index (χ0v) is 18.4. The minimum absolute atomic E-state index is 0.908. The Labute approximate surface area is 181 Å². The van der Waals surface area contributed by atoms with Gasteiger partial charge in [0.2, 0.25) is 0 Å². The monoisotopic (exact) mass is 454 g/mol. The number of hydrogen-bond donors (Lipinski definition) is 0. The van der Waals surface area contributed by atoms with E-state index in [4.69, 9.17) is 0 Å². The molecule has 0 N–H and O–H groups in total. The second-order valence-corrected chi connectivity index (χ2v) is 10.5. The molecule has 0 aliphatic rings. The number of rotatable bonds is 4. The predicted octanol–water partition coefficient (Wildman–Crippen LogP) is 5.97. The standard InChI is InChI=1S/C27H20BrP/c28-27(23-13-5-1-6-14-23)21-22-29(24-15-7-2-8-16-24,25-17-9-3-10-18-25)26-19-11-4-12-20-26/h1-20H. The Morgan fingerprint density at radius 2 is 0.862 bits per heavy atom. The Morgan fingerprint density at radius 3 is 1.24 bits per heavy atom. The molecule has 29 heavy (non-hydrogen) atoms. The number of benzene rings is 4. The van der Waals surface area contributed by atoms with Crippen molar-refractivity contribution in [2.75, 3.05) is 0 Å². The van der Waals surface area contributed by atoms with Gasteiger partial charge >= 0.3 is 0 Å². The van der Waals surface area contributed by atoms with E-state index in [0.29, 0.717) is 0 Å². The van der Waals surface area contributed by atoms with E-state index in [1.165, 1.54) is 15.9 Å². The van der Waals surface area contributed by atoms with Crippen LogP contribution in [0.3, 0.4) is 0 Å². The molecule has 4 rings (SSSR count). The first kappa shape index (κ1) is 19.5. The van der Waals surface area contributed by atoms with E-state index in [1.54, 1.807) is 0 Å². The van der Waals surface area contributed by atoms with Crippen LogP contribution in [-0.4, -0.2) is 5.45 Å². The zero-order valence-electron chi connectivity index (χ0n) is 15.9. The predicted molar refractivity (Wildman–Crippen MR) is 132 cm³/mol. The van der Waals surface area contributed by atoms with Crippen molar-refractivity contribution < 1.29 is 0 Å². The fraction of sp³-hybridized carbons (Fsp3) is 0. The van der Waals surface area contributed by atoms with Gasteiger partial charge in [-0.3, -0.25) is 0 Å². The molecule has 0 aliphatic carbocycles. The summed E-state index contributed by atoms with van der Waals surface area (Å²) in [7, 11) is 0. The SMILES string of the molecule is BrC(=C=C=P(c1ccccc1)(c1ccccc1)c1ccccc1)c1ccccc1. The van der Waals surface area contributed by atoms with Crippen LogP contribution in [0, 0.1) is 0 Å². The lowest BCUT2D eigenvalue weighted by Crippen LogP contribution is -2.25. The Balaban J connectivity index is 2.16. The van der Waals surface area contributed by atoms with Crippen molar-refractivity contribution in [2.45, 2.75) is 0 Å². The molecule has 0 radical (unpaired) electrons. The smallest absolute Gasteiger partial charge is 0.0622 e. The second kappa shape index (κ2) is 9.15. The Morgan fingerprint density at radius 1 is 0.517 bits per heavy atom. The van der Waals surface area contributed by atoms with Crippen molar-refractivity contribution in [1.29, 1.82) is 0 Å². The molecule has 2 heteroatoms. The summed E-state index contributed by atoms with van der Waals surface area (Å²) in [5, 5.41) is 3.79. The summed E-state index contributed by atoms with van der Waals surface area (Å²) in [6, 6.07) is 42.3. The van der Waals surface area contributed by atoms with E-state index in [2.05, 4.69) is 130 Å². The summed E-state index contributed by atoms with van der Waals surface area (Å²) in [4.78, 5) is 0. The molecule has 0 atom stereocenters. The first-order chi connectivity index (χ1) is 14.3. The van der Waals surface area contributed by atoms with Crippen molar-refractivity contribution >= 4 is 48.7 Å². The first-order valence-corrected chi connectivity index (χ1v) is 12.1. The van der Waals surface area contributed by atoms with Crippen LogP contribution in [0.15, 0.2) is 127 Å². The van der Waals surface area contributed by atoms with E-state index in [0.717, 1.165) is 10.0 Å². The maximum absolute atomic E-state index is 3.76. The summed E-state index contributed by atoms with van der Waals surface area (Å²) < 4.78 is 0.908. The molecule has 0 fully saturated rings. The van der Waals surface area contributed by atoms with Crippen molar-refractivity contribution in [3.05, 3.63) is 133 Å². The molecule has 0 bridgehead atoms. The normalized spacial score (nSPS) is 10.7. The largest absolute Gasteiger partial charge is 0.0749 e. The molecular weight excluding hydrogens is 435 g/mol. The molecule has 4 aromatic carbocycles. The van der Waals surface area contributed by atoms with E-state index >= 15 is 0 Å². The lowest BCUT2D eigenvalue weighted by Gasteiger charge is -2.25. The van der Waals surface area contributed by atoms with Crippen molar-refractivity contribution in [1.82, 2.24) is 0 Å². The summed E-state index contributed by atoms with van der Waals surface area (Å²) in [6.07, 6.45) is 0. The summed E-state index contributed by atoms with van der Waals surface area (Å²) in [6.45, 7) is -2.14. The molecule has 0 spiro atoms. The first-order valence-electron chi connectivity index (χ1n) is 9.48. The van der Waals surface area contributed by atoms with Gasteiger partial charge < -0.3 is 0 Å². The summed E-state index contributed by atoms with van der Waals surface area (Å²) in [5.74, 6) is 0. The Hall–Kier alpha value is -2.78. The molecule has 0 unspecified atom stereocenters. The molecule has 0 aromatic heterocycles. The molecular formula is C27H20BrP. The third-order valence-electron chi connectivity index (χ3n) is 4.79. The van der Waals surface area contributed by atoms with Crippen LogP contribution in [0.25, 0.3) is 4.48 Å². The highest BCUT2D eigenvalue weighted by molar-refractivity contribution is 9.15. The van der Waals surface area contributed by atoms with Gasteiger partial charge in [-0.15, -0.1) is 0 Å². The van der Waals surface area contributed by atoms with Gasteiger partial charge in [-0.05, 0) is 37.4 Å². The average Bonchev–Trinajstić information content (AvgIpc) is 2.82. The molecule has 4 aromatic rings. The van der Waals surface area contributed by atoms with Gasteiger partial charge in [-0.1, -0.05) is 133 Å². The van der Waals surface area contributed by atoms with E-state index in [1.807, 2.05) is 18.2 Å². The fourth-order valence-electron chi connectivity index (χ4n) is 3.39. The highest BCUT2D eigenvalue weighted by Gasteiger charge is 2.24. The lowest BCUT2D eigenvalue weighted by molar-refractivity contribution is 1.66. The summed E-state index contributed by atoms with van der Waals surface area (Å²) >= 11 is 3.72. The van der Waals surface area contributed by atoms with E-state index < -0.39 is 6.89 Å². The molecule has 0 heterocycles. The molecule has 0 saturated heterocycles. The van der Waals surface area contributed by atoms with Crippen LogP contribution in [0.2, 0.25) is 0 Å². The van der Waals surface area contributed by atoms with Gasteiger partial charge in [0.1, 0.15) is 0 Å². The van der Waals surface area contributed by atoms with Gasteiger partial charge in [-0.25, -0.2) is 0 Å². The number of halogens is 1. The topological polar surface area (TPSA) is 0 Å². The third-order valence-corrected chi connectivity index (χ3v) is 9.11. The third kappa shape index (κ3) is 4.15. The van der Waals surface area contributed by atoms with Gasteiger partial charge in [0, 0.05) is 6.89 Å². The van der Waals surface area contributed by atoms with Gasteiger partial charge in [-0.2, -0.15) is 0 Å². The highest BCUT2D eigenvalue weighted by atomic mass is 79.9. The van der Waals surface area contributed by atoms with Gasteiger partial charge in [0.15, 0.2) is 0 Å². The summed E-state index contributed by atoms with van der Waals surface area (Å²) in [5.41, 5.74) is 8.32. The van der Waals surface area contributed by atoms with Crippen LogP contribution in [0.5, 0.6) is 0 Å². The van der Waals surface area contributed by atoms with E-state index in [9.17, 15) is 0 Å². The maximum Gasteiger partial charge on any atom is 0.0749 e. The minimum Gasteiger partial charge on any atom is -0.0622 e. The van der Waals surface area contributed by atoms with Crippen LogP contribution in [-0.2, 0) is 0 Å². The van der Waals surface area contributed by atoms with Crippen molar-refractivity contribution in [3.8, 4) is 0 Å². The maximum atomic E-state index is 3.76. The second-order valence-electron chi connectivity index (χ2n) is 6.59. The van der Waals surface area contributed by atoms with Gasteiger partial charge in [0.05, 0.1) is 4.48 Å². The quantitative estimate of drug-likeness (QED) is 0.263. The highest BCUT2D eigenvalue weighted by Crippen LogP contribution is 2.42. The average molecular weight is 455 g/mol. The van der Waals surface area contributed by atoms with Crippen LogP contribution >= 0.6 is 22.8 Å². The molecule has 0 saturated carbocycles. The Bertz CT molecular complexity index is 1100. The number of hydrogen-bond acceptors (Lipinski definition) is 0.